The van der Waals surface area contributed by atoms with Crippen molar-refractivity contribution < 1.29 is 18.3 Å². The molecule has 0 N–H and O–H groups in total. The summed E-state index contributed by atoms with van der Waals surface area (Å²) in [6.45, 7) is 3.94. The highest BCUT2D eigenvalue weighted by molar-refractivity contribution is 5.72. The highest BCUT2D eigenvalue weighted by Gasteiger charge is 2.30. The number of esters is 1. The molecule has 0 bridgehead atoms. The summed E-state index contributed by atoms with van der Waals surface area (Å²) >= 11 is 0. The van der Waals surface area contributed by atoms with Gasteiger partial charge in [-0.15, -0.1) is 0 Å². The van der Waals surface area contributed by atoms with Crippen molar-refractivity contribution in [2.24, 2.45) is 0 Å². The van der Waals surface area contributed by atoms with Gasteiger partial charge in [-0.3, -0.25) is 4.79 Å². The summed E-state index contributed by atoms with van der Waals surface area (Å²) < 4.78 is 32.3. The molecular formula is C15H20F2O2. The van der Waals surface area contributed by atoms with Gasteiger partial charge in [-0.2, -0.15) is 0 Å². The average Bonchev–Trinajstić information content (AvgIpc) is 2.37. The number of ether oxygens (including phenoxy) is 1. The second kappa shape index (κ2) is 7.22. The fraction of sp³-hybridized carbons (Fsp3) is 0.533. The minimum absolute atomic E-state index is 0.00792. The Labute approximate surface area is 112 Å². The normalized spacial score (nSPS) is 11.4. The molecule has 4 heteroatoms. The Hall–Kier alpha value is -1.45. The predicted octanol–water partition coefficient (Wildman–Crippen LogP) is 4.07. The van der Waals surface area contributed by atoms with Gasteiger partial charge in [0.15, 0.2) is 0 Å². The van der Waals surface area contributed by atoms with E-state index in [0.717, 1.165) is 6.42 Å². The van der Waals surface area contributed by atoms with Gasteiger partial charge in [0.25, 0.3) is 5.92 Å². The van der Waals surface area contributed by atoms with E-state index in [0.29, 0.717) is 18.6 Å². The maximum Gasteiger partial charge on any atom is 0.310 e. The molecule has 0 aromatic heterocycles. The largest absolute Gasteiger partial charge is 0.466 e. The van der Waals surface area contributed by atoms with E-state index >= 15 is 0 Å². The lowest BCUT2D eigenvalue weighted by Gasteiger charge is -2.16. The molecule has 106 valence electrons. The molecular weight excluding hydrogens is 250 g/mol. The first kappa shape index (κ1) is 15.6. The van der Waals surface area contributed by atoms with Crippen molar-refractivity contribution >= 4 is 5.97 Å². The van der Waals surface area contributed by atoms with Gasteiger partial charge in [0.2, 0.25) is 0 Å². The van der Waals surface area contributed by atoms with E-state index in [1.165, 1.54) is 12.1 Å². The van der Waals surface area contributed by atoms with Crippen molar-refractivity contribution in [2.75, 3.05) is 6.61 Å². The van der Waals surface area contributed by atoms with E-state index in [-0.39, 0.29) is 24.4 Å². The van der Waals surface area contributed by atoms with Crippen LogP contribution in [0, 0.1) is 0 Å². The number of rotatable bonds is 7. The molecule has 19 heavy (non-hydrogen) atoms. The lowest BCUT2D eigenvalue weighted by molar-refractivity contribution is -0.142. The van der Waals surface area contributed by atoms with Crippen LogP contribution in [0.4, 0.5) is 8.78 Å². The maximum atomic E-state index is 13.8. The van der Waals surface area contributed by atoms with E-state index in [4.69, 9.17) is 4.74 Å². The zero-order valence-electron chi connectivity index (χ0n) is 11.4. The van der Waals surface area contributed by atoms with Crippen LogP contribution in [0.2, 0.25) is 0 Å². The molecule has 0 fully saturated rings. The van der Waals surface area contributed by atoms with Crippen LogP contribution in [0.25, 0.3) is 0 Å². The van der Waals surface area contributed by atoms with Gasteiger partial charge < -0.3 is 4.74 Å². The Morgan fingerprint density at radius 2 is 1.84 bits per heavy atom. The van der Waals surface area contributed by atoms with Gasteiger partial charge in [0.1, 0.15) is 0 Å². The van der Waals surface area contributed by atoms with Gasteiger partial charge in [0, 0.05) is 12.0 Å². The summed E-state index contributed by atoms with van der Waals surface area (Å²) in [5.41, 5.74) is 0.696. The zero-order valence-corrected chi connectivity index (χ0v) is 11.4. The van der Waals surface area contributed by atoms with E-state index < -0.39 is 5.92 Å². The Morgan fingerprint density at radius 3 is 2.37 bits per heavy atom. The smallest absolute Gasteiger partial charge is 0.310 e. The molecule has 0 heterocycles. The van der Waals surface area contributed by atoms with Crippen LogP contribution < -0.4 is 0 Å². The number of carbonyl (C=O) groups excluding carboxylic acids is 1. The second-order valence-electron chi connectivity index (χ2n) is 4.49. The number of unbranched alkanes of at least 4 members (excludes halogenated alkanes) is 1. The van der Waals surface area contributed by atoms with E-state index in [9.17, 15) is 13.6 Å². The average molecular weight is 270 g/mol. The van der Waals surface area contributed by atoms with Crippen molar-refractivity contribution in [3.05, 3.63) is 35.4 Å². The van der Waals surface area contributed by atoms with E-state index in [1.54, 1.807) is 19.1 Å². The quantitative estimate of drug-likeness (QED) is 0.698. The van der Waals surface area contributed by atoms with Gasteiger partial charge in [-0.25, -0.2) is 8.78 Å². The third kappa shape index (κ3) is 4.97. The van der Waals surface area contributed by atoms with Crippen LogP contribution in [-0.2, 0) is 21.9 Å². The maximum absolute atomic E-state index is 13.8. The number of alkyl halides is 2. The molecule has 1 aromatic carbocycles. The second-order valence-corrected chi connectivity index (χ2v) is 4.49. The van der Waals surface area contributed by atoms with Gasteiger partial charge in [-0.1, -0.05) is 37.6 Å². The zero-order chi connectivity index (χ0) is 14.3. The molecule has 2 nitrogen and oxygen atoms in total. The Balaban J connectivity index is 2.67. The monoisotopic (exact) mass is 270 g/mol. The van der Waals surface area contributed by atoms with Gasteiger partial charge in [-0.05, 0) is 18.9 Å². The predicted molar refractivity (Wildman–Crippen MR) is 70.2 cm³/mol. The highest BCUT2D eigenvalue weighted by Crippen LogP contribution is 2.33. The Kier molecular flexibility index (Phi) is 5.93. The summed E-state index contributed by atoms with van der Waals surface area (Å²) in [5.74, 6) is -3.13. The fourth-order valence-electron chi connectivity index (χ4n) is 1.79. The van der Waals surface area contributed by atoms with Gasteiger partial charge in [0.05, 0.1) is 13.0 Å². The molecule has 0 aliphatic carbocycles. The molecule has 0 unspecified atom stereocenters. The summed E-state index contributed by atoms with van der Waals surface area (Å²) in [4.78, 5) is 11.3. The van der Waals surface area contributed by atoms with Gasteiger partial charge >= 0.3 is 5.97 Å². The summed E-state index contributed by atoms with van der Waals surface area (Å²) in [7, 11) is 0. The van der Waals surface area contributed by atoms with Crippen molar-refractivity contribution in [1.82, 2.24) is 0 Å². The van der Waals surface area contributed by atoms with E-state index in [1.807, 2.05) is 6.92 Å². The number of hydrogen-bond donors (Lipinski definition) is 0. The highest BCUT2D eigenvalue weighted by atomic mass is 19.3. The first-order chi connectivity index (χ1) is 8.99. The third-order valence-corrected chi connectivity index (χ3v) is 2.87. The van der Waals surface area contributed by atoms with Crippen molar-refractivity contribution in [3.8, 4) is 0 Å². The topological polar surface area (TPSA) is 26.3 Å². The molecule has 0 spiro atoms. The first-order valence-corrected chi connectivity index (χ1v) is 6.62. The molecule has 0 radical (unpaired) electrons. The fourth-order valence-corrected chi connectivity index (χ4v) is 1.79. The third-order valence-electron chi connectivity index (χ3n) is 2.87. The molecule has 1 aromatic rings. The summed E-state index contributed by atoms with van der Waals surface area (Å²) in [6.07, 6.45) is 1.23. The van der Waals surface area contributed by atoms with Crippen LogP contribution in [0.5, 0.6) is 0 Å². The molecule has 0 amide bonds. The first-order valence-electron chi connectivity index (χ1n) is 6.62. The van der Waals surface area contributed by atoms with Crippen LogP contribution in [0.3, 0.4) is 0 Å². The SMILES string of the molecule is CCCCC(F)(F)c1ccc(CC(=O)OCC)cc1. The van der Waals surface area contributed by atoms with Crippen LogP contribution in [0.15, 0.2) is 24.3 Å². The van der Waals surface area contributed by atoms with Crippen LogP contribution in [-0.4, -0.2) is 12.6 Å². The molecule has 0 aliphatic heterocycles. The van der Waals surface area contributed by atoms with E-state index in [2.05, 4.69) is 0 Å². The molecule has 1 rings (SSSR count). The van der Waals surface area contributed by atoms with Crippen molar-refractivity contribution in [2.45, 2.75) is 45.5 Å². The number of carbonyl (C=O) groups is 1. The standard InChI is InChI=1S/C15H20F2O2/c1-3-5-10-15(16,17)13-8-6-12(7-9-13)11-14(18)19-4-2/h6-9H,3-5,10-11H2,1-2H3. The number of benzene rings is 1. The Morgan fingerprint density at radius 1 is 1.21 bits per heavy atom. The minimum Gasteiger partial charge on any atom is -0.466 e. The van der Waals surface area contributed by atoms with Crippen LogP contribution >= 0.6 is 0 Å². The number of halogens is 2. The van der Waals surface area contributed by atoms with Crippen molar-refractivity contribution in [1.29, 1.82) is 0 Å². The molecule has 0 aliphatic rings. The minimum atomic E-state index is -2.79. The Bertz CT molecular complexity index is 399. The summed E-state index contributed by atoms with van der Waals surface area (Å²) in [5, 5.41) is 0. The van der Waals surface area contributed by atoms with Crippen LogP contribution in [0.1, 0.15) is 44.2 Å². The molecule has 0 saturated carbocycles. The van der Waals surface area contributed by atoms with Crippen molar-refractivity contribution in [3.63, 3.8) is 0 Å². The number of hydrogen-bond acceptors (Lipinski definition) is 2. The molecule has 0 atom stereocenters. The lowest BCUT2D eigenvalue weighted by Crippen LogP contribution is -2.13. The lowest BCUT2D eigenvalue weighted by atomic mass is 10.0. The summed E-state index contributed by atoms with van der Waals surface area (Å²) in [6, 6.07) is 5.91. The molecule has 0 saturated heterocycles.